The number of hydrogen-bond donors (Lipinski definition) is 0. The first-order chi connectivity index (χ1) is 14.6. The lowest BCUT2D eigenvalue weighted by Gasteiger charge is -2.49. The zero-order valence-corrected chi connectivity index (χ0v) is 17.1. The van der Waals surface area contributed by atoms with Crippen molar-refractivity contribution < 1.29 is 28.8 Å². The Morgan fingerprint density at radius 2 is 1.32 bits per heavy atom. The van der Waals surface area contributed by atoms with E-state index in [1.54, 1.807) is 30.3 Å². The van der Waals surface area contributed by atoms with Gasteiger partial charge in [0.05, 0.1) is 4.92 Å². The SMILES string of the molecule is CC1(C)OC(=O)C2(C(=O)O1)C(c1ccccc1)CC(=O)CC2c1ccc([N+](=O)[O-])cc1. The van der Waals surface area contributed by atoms with E-state index in [2.05, 4.69) is 0 Å². The number of esters is 2. The Morgan fingerprint density at radius 3 is 1.81 bits per heavy atom. The molecule has 8 nitrogen and oxygen atoms in total. The van der Waals surface area contributed by atoms with Gasteiger partial charge in [-0.05, 0) is 11.1 Å². The number of carbonyl (C=O) groups is 3. The summed E-state index contributed by atoms with van der Waals surface area (Å²) in [4.78, 5) is 50.3. The second-order valence-corrected chi connectivity index (χ2v) is 8.36. The Balaban J connectivity index is 1.91. The summed E-state index contributed by atoms with van der Waals surface area (Å²) >= 11 is 0. The molecule has 1 saturated carbocycles. The molecule has 2 fully saturated rings. The molecule has 1 heterocycles. The van der Waals surface area contributed by atoms with Crippen molar-refractivity contribution in [2.45, 2.75) is 44.3 Å². The minimum atomic E-state index is -1.78. The third kappa shape index (κ3) is 3.37. The topological polar surface area (TPSA) is 113 Å². The Kier molecular flexibility index (Phi) is 4.88. The molecule has 0 bridgehead atoms. The molecule has 2 unspecified atom stereocenters. The van der Waals surface area contributed by atoms with Crippen LogP contribution in [0, 0.1) is 15.5 Å². The number of cyclic esters (lactones) is 2. The lowest BCUT2D eigenvalue weighted by atomic mass is 9.55. The van der Waals surface area contributed by atoms with E-state index in [1.165, 1.54) is 38.1 Å². The molecule has 1 aliphatic carbocycles. The van der Waals surface area contributed by atoms with Gasteiger partial charge in [0.25, 0.3) is 11.5 Å². The number of rotatable bonds is 3. The van der Waals surface area contributed by atoms with E-state index in [4.69, 9.17) is 9.47 Å². The molecule has 0 N–H and O–H groups in total. The lowest BCUT2D eigenvalue weighted by molar-refractivity contribution is -0.384. The number of nitro groups is 1. The highest BCUT2D eigenvalue weighted by Crippen LogP contribution is 2.57. The van der Waals surface area contributed by atoms with E-state index in [-0.39, 0.29) is 24.3 Å². The third-order valence-corrected chi connectivity index (χ3v) is 6.02. The van der Waals surface area contributed by atoms with Crippen molar-refractivity contribution >= 4 is 23.4 Å². The van der Waals surface area contributed by atoms with Crippen LogP contribution in [0.3, 0.4) is 0 Å². The van der Waals surface area contributed by atoms with Gasteiger partial charge < -0.3 is 9.47 Å². The summed E-state index contributed by atoms with van der Waals surface area (Å²) < 4.78 is 11.1. The molecule has 2 atom stereocenters. The predicted molar refractivity (Wildman–Crippen MR) is 108 cm³/mol. The van der Waals surface area contributed by atoms with Crippen LogP contribution in [0.25, 0.3) is 0 Å². The van der Waals surface area contributed by atoms with Gasteiger partial charge >= 0.3 is 11.9 Å². The Labute approximate surface area is 178 Å². The van der Waals surface area contributed by atoms with Gasteiger partial charge in [0.15, 0.2) is 5.41 Å². The number of hydrogen-bond acceptors (Lipinski definition) is 7. The summed E-state index contributed by atoms with van der Waals surface area (Å²) in [6, 6.07) is 14.4. The van der Waals surface area contributed by atoms with Crippen LogP contribution < -0.4 is 0 Å². The predicted octanol–water partition coefficient (Wildman–Crippen LogP) is 3.65. The first kappa shape index (κ1) is 20.7. The van der Waals surface area contributed by atoms with E-state index in [0.29, 0.717) is 11.1 Å². The van der Waals surface area contributed by atoms with Gasteiger partial charge in [0.1, 0.15) is 5.78 Å². The number of non-ortho nitro benzene ring substituents is 1. The van der Waals surface area contributed by atoms with Gasteiger partial charge in [-0.25, -0.2) is 0 Å². The normalized spacial score (nSPS) is 24.4. The fourth-order valence-corrected chi connectivity index (χ4v) is 4.67. The lowest BCUT2D eigenvalue weighted by Crippen LogP contribution is -2.61. The second-order valence-electron chi connectivity index (χ2n) is 8.36. The molecule has 2 aliphatic rings. The van der Waals surface area contributed by atoms with Crippen LogP contribution in [-0.4, -0.2) is 28.4 Å². The Hall–Kier alpha value is -3.55. The number of Topliss-reactive ketones (excluding diaryl/α,β-unsaturated/α-hetero) is 1. The van der Waals surface area contributed by atoms with Gasteiger partial charge in [-0.3, -0.25) is 24.5 Å². The maximum absolute atomic E-state index is 13.5. The number of nitrogens with zero attached hydrogens (tertiary/aromatic N) is 1. The summed E-state index contributed by atoms with van der Waals surface area (Å²) in [5.41, 5.74) is -0.792. The van der Waals surface area contributed by atoms with Crippen LogP contribution >= 0.6 is 0 Å². The number of ether oxygens (including phenoxy) is 2. The summed E-state index contributed by atoms with van der Waals surface area (Å²) in [5, 5.41) is 11.1. The summed E-state index contributed by atoms with van der Waals surface area (Å²) in [6.45, 7) is 2.95. The van der Waals surface area contributed by atoms with E-state index in [1.807, 2.05) is 0 Å². The molecule has 160 valence electrons. The summed E-state index contributed by atoms with van der Waals surface area (Å²) in [6.07, 6.45) is -0.0934. The van der Waals surface area contributed by atoms with Crippen molar-refractivity contribution in [3.63, 3.8) is 0 Å². The van der Waals surface area contributed by atoms with Crippen LogP contribution in [0.2, 0.25) is 0 Å². The van der Waals surface area contributed by atoms with Gasteiger partial charge in [0.2, 0.25) is 0 Å². The van der Waals surface area contributed by atoms with Crippen molar-refractivity contribution in [1.29, 1.82) is 0 Å². The van der Waals surface area contributed by atoms with Gasteiger partial charge in [-0.2, -0.15) is 0 Å². The molecule has 0 radical (unpaired) electrons. The fraction of sp³-hybridized carbons (Fsp3) is 0.348. The standard InChI is InChI=1S/C23H21NO7/c1-22(2)30-20(26)23(21(27)31-22)18(14-6-4-3-5-7-14)12-17(25)13-19(23)15-8-10-16(11-9-15)24(28)29/h3-11,18-19H,12-13H2,1-2H3. The average molecular weight is 423 g/mol. The molecule has 1 aliphatic heterocycles. The van der Waals surface area contributed by atoms with Crippen LogP contribution in [0.5, 0.6) is 0 Å². The fourth-order valence-electron chi connectivity index (χ4n) is 4.67. The van der Waals surface area contributed by atoms with Crippen molar-refractivity contribution in [1.82, 2.24) is 0 Å². The van der Waals surface area contributed by atoms with Gasteiger partial charge in [-0.15, -0.1) is 0 Å². The Bertz CT molecular complexity index is 1040. The second kappa shape index (κ2) is 7.30. The van der Waals surface area contributed by atoms with Crippen molar-refractivity contribution in [3.8, 4) is 0 Å². The highest BCUT2D eigenvalue weighted by Gasteiger charge is 2.67. The molecule has 1 saturated heterocycles. The number of ketones is 1. The number of carbonyl (C=O) groups excluding carboxylic acids is 3. The number of benzene rings is 2. The molecular formula is C23H21NO7. The molecular weight excluding hydrogens is 402 g/mol. The van der Waals surface area contributed by atoms with E-state index >= 15 is 0 Å². The number of nitro benzene ring substituents is 1. The molecule has 0 amide bonds. The summed E-state index contributed by atoms with van der Waals surface area (Å²) in [7, 11) is 0. The molecule has 8 heteroatoms. The van der Waals surface area contributed by atoms with E-state index in [9.17, 15) is 24.5 Å². The maximum Gasteiger partial charge on any atom is 0.328 e. The Morgan fingerprint density at radius 1 is 0.839 bits per heavy atom. The van der Waals surface area contributed by atoms with Crippen LogP contribution in [-0.2, 0) is 23.9 Å². The van der Waals surface area contributed by atoms with Gasteiger partial charge in [-0.1, -0.05) is 42.5 Å². The van der Waals surface area contributed by atoms with Crippen molar-refractivity contribution in [3.05, 3.63) is 75.8 Å². The highest BCUT2D eigenvalue weighted by molar-refractivity contribution is 6.06. The van der Waals surface area contributed by atoms with E-state index < -0.39 is 39.9 Å². The van der Waals surface area contributed by atoms with Crippen LogP contribution in [0.1, 0.15) is 49.7 Å². The first-order valence-electron chi connectivity index (χ1n) is 9.93. The summed E-state index contributed by atoms with van der Waals surface area (Å²) in [5.74, 6) is -4.71. The molecule has 2 aromatic rings. The van der Waals surface area contributed by atoms with Gasteiger partial charge in [0, 0.05) is 50.7 Å². The maximum atomic E-state index is 13.5. The minimum Gasteiger partial charge on any atom is -0.422 e. The minimum absolute atomic E-state index is 0.0158. The van der Waals surface area contributed by atoms with Crippen LogP contribution in [0.15, 0.2) is 54.6 Å². The molecule has 2 aromatic carbocycles. The smallest absolute Gasteiger partial charge is 0.328 e. The van der Waals surface area contributed by atoms with Crippen LogP contribution in [0.4, 0.5) is 5.69 Å². The largest absolute Gasteiger partial charge is 0.422 e. The van der Waals surface area contributed by atoms with Crippen molar-refractivity contribution in [2.75, 3.05) is 0 Å². The molecule has 1 spiro atoms. The third-order valence-electron chi connectivity index (χ3n) is 6.02. The zero-order valence-electron chi connectivity index (χ0n) is 17.1. The first-order valence-corrected chi connectivity index (χ1v) is 9.93. The monoisotopic (exact) mass is 423 g/mol. The zero-order chi connectivity index (χ0) is 22.4. The van der Waals surface area contributed by atoms with E-state index in [0.717, 1.165) is 0 Å². The van der Waals surface area contributed by atoms with Crippen molar-refractivity contribution in [2.24, 2.45) is 5.41 Å². The quantitative estimate of drug-likeness (QED) is 0.320. The molecule has 31 heavy (non-hydrogen) atoms. The molecule has 4 rings (SSSR count). The average Bonchev–Trinajstić information content (AvgIpc) is 2.72. The molecule has 0 aromatic heterocycles. The highest BCUT2D eigenvalue weighted by atomic mass is 16.7.